The zero-order valence-corrected chi connectivity index (χ0v) is 9.97. The highest BCUT2D eigenvalue weighted by molar-refractivity contribution is 6.23. The molecule has 82 valence electrons. The van der Waals surface area contributed by atoms with Crippen LogP contribution in [0.4, 0.5) is 0 Å². The summed E-state index contributed by atoms with van der Waals surface area (Å²) in [6.07, 6.45) is 2.73. The molecule has 1 aliphatic rings. The molecule has 16 heavy (non-hydrogen) atoms. The number of carbonyl (C=O) groups excluding carboxylic acids is 2. The summed E-state index contributed by atoms with van der Waals surface area (Å²) in [5.74, 6) is -0.114. The van der Waals surface area contributed by atoms with Crippen molar-refractivity contribution in [1.29, 1.82) is 0 Å². The van der Waals surface area contributed by atoms with Crippen LogP contribution in [-0.2, 0) is 0 Å². The largest absolute Gasteiger partial charge is 0.289 e. The fourth-order valence-corrected chi connectivity index (χ4v) is 2.25. The van der Waals surface area contributed by atoms with E-state index in [2.05, 4.69) is 0 Å². The topological polar surface area (TPSA) is 34.1 Å². The Morgan fingerprint density at radius 3 is 1.25 bits per heavy atom. The summed E-state index contributed by atoms with van der Waals surface area (Å²) >= 11 is 0. The van der Waals surface area contributed by atoms with E-state index < -0.39 is 0 Å². The number of fused-ring (bicyclic) bond motifs is 1. The molecule has 0 amide bonds. The van der Waals surface area contributed by atoms with E-state index in [1.807, 2.05) is 27.7 Å². The Kier molecular flexibility index (Phi) is 2.30. The summed E-state index contributed by atoms with van der Waals surface area (Å²) < 4.78 is 0. The van der Waals surface area contributed by atoms with Crippen LogP contribution in [0.1, 0.15) is 43.0 Å². The molecule has 0 unspecified atom stereocenters. The number of hydrogen-bond donors (Lipinski definition) is 0. The molecular weight excluding hydrogens is 200 g/mol. The average Bonchev–Trinajstić information content (AvgIpc) is 2.26. The van der Waals surface area contributed by atoms with Gasteiger partial charge in [0.05, 0.1) is 0 Å². The predicted octanol–water partition coefficient (Wildman–Crippen LogP) is 2.86. The Hall–Kier alpha value is -1.70. The molecule has 0 saturated carbocycles. The molecule has 0 aliphatic heterocycles. The number of benzene rings is 1. The Labute approximate surface area is 95.0 Å². The van der Waals surface area contributed by atoms with Crippen molar-refractivity contribution in [3.63, 3.8) is 0 Å². The number of rotatable bonds is 0. The van der Waals surface area contributed by atoms with E-state index in [0.29, 0.717) is 11.1 Å². The van der Waals surface area contributed by atoms with Gasteiger partial charge < -0.3 is 0 Å². The van der Waals surface area contributed by atoms with E-state index in [1.54, 1.807) is 0 Å². The van der Waals surface area contributed by atoms with Crippen molar-refractivity contribution < 1.29 is 9.59 Å². The smallest absolute Gasteiger partial charge is 0.187 e. The molecule has 0 spiro atoms. The van der Waals surface area contributed by atoms with Crippen molar-refractivity contribution in [2.45, 2.75) is 27.7 Å². The second-order valence-electron chi connectivity index (χ2n) is 4.31. The Morgan fingerprint density at radius 1 is 0.625 bits per heavy atom. The molecule has 0 atom stereocenters. The Bertz CT molecular complexity index is 500. The average molecular weight is 214 g/mol. The predicted molar refractivity (Wildman–Crippen MR) is 63.2 cm³/mol. The fourth-order valence-electron chi connectivity index (χ4n) is 2.25. The summed E-state index contributed by atoms with van der Waals surface area (Å²) in [5.41, 5.74) is 5.25. The highest BCUT2D eigenvalue weighted by Crippen LogP contribution is 2.29. The highest BCUT2D eigenvalue weighted by atomic mass is 16.1. The van der Waals surface area contributed by atoms with Gasteiger partial charge in [-0.25, -0.2) is 0 Å². The summed E-state index contributed by atoms with van der Waals surface area (Å²) in [6, 6.07) is 0. The third-order valence-electron chi connectivity index (χ3n) is 3.57. The standard InChI is InChI=1S/C14H14O2/c1-7-8(2)10(4)14-12(16)6-5-11(15)13(14)9(7)3/h5-6H,1-4H3. The molecule has 2 rings (SSSR count). The maximum absolute atomic E-state index is 11.8. The Balaban J connectivity index is 2.94. The first kappa shape index (κ1) is 10.8. The molecule has 2 heteroatoms. The van der Waals surface area contributed by atoms with Gasteiger partial charge in [0.2, 0.25) is 0 Å². The third kappa shape index (κ3) is 1.26. The summed E-state index contributed by atoms with van der Waals surface area (Å²) in [5, 5.41) is 0. The molecule has 1 aliphatic carbocycles. The number of carbonyl (C=O) groups is 2. The van der Waals surface area contributed by atoms with E-state index in [1.165, 1.54) is 12.2 Å². The van der Waals surface area contributed by atoms with Gasteiger partial charge >= 0.3 is 0 Å². The van der Waals surface area contributed by atoms with Gasteiger partial charge in [-0.2, -0.15) is 0 Å². The lowest BCUT2D eigenvalue weighted by atomic mass is 9.83. The maximum Gasteiger partial charge on any atom is 0.187 e. The van der Waals surface area contributed by atoms with Crippen molar-refractivity contribution in [3.05, 3.63) is 45.5 Å². The van der Waals surface area contributed by atoms with Crippen LogP contribution < -0.4 is 0 Å². The van der Waals surface area contributed by atoms with Gasteiger partial charge in [-0.15, -0.1) is 0 Å². The van der Waals surface area contributed by atoms with Crippen LogP contribution in [0.2, 0.25) is 0 Å². The normalized spacial score (nSPS) is 14.2. The molecule has 0 fully saturated rings. The van der Waals surface area contributed by atoms with Crippen LogP contribution in [-0.4, -0.2) is 11.6 Å². The van der Waals surface area contributed by atoms with Crippen LogP contribution >= 0.6 is 0 Å². The lowest BCUT2D eigenvalue weighted by Gasteiger charge is -2.19. The van der Waals surface area contributed by atoms with E-state index >= 15 is 0 Å². The van der Waals surface area contributed by atoms with E-state index in [0.717, 1.165) is 22.3 Å². The summed E-state index contributed by atoms with van der Waals surface area (Å²) in [6.45, 7) is 7.80. The van der Waals surface area contributed by atoms with Gasteiger partial charge in [-0.3, -0.25) is 9.59 Å². The molecule has 0 radical (unpaired) electrons. The van der Waals surface area contributed by atoms with Gasteiger partial charge in [0.25, 0.3) is 0 Å². The second-order valence-corrected chi connectivity index (χ2v) is 4.31. The van der Waals surface area contributed by atoms with E-state index in [-0.39, 0.29) is 11.6 Å². The van der Waals surface area contributed by atoms with Gasteiger partial charge in [-0.05, 0) is 62.1 Å². The molecule has 0 N–H and O–H groups in total. The number of allylic oxidation sites excluding steroid dienone is 2. The SMILES string of the molecule is Cc1c(C)c(C)c2c(c1C)C(=O)C=CC2=O. The first-order valence-electron chi connectivity index (χ1n) is 5.32. The Morgan fingerprint density at radius 2 is 0.938 bits per heavy atom. The second kappa shape index (κ2) is 3.41. The monoisotopic (exact) mass is 214 g/mol. The molecule has 0 saturated heterocycles. The first-order valence-corrected chi connectivity index (χ1v) is 5.32. The van der Waals surface area contributed by atoms with E-state index in [4.69, 9.17) is 0 Å². The lowest BCUT2D eigenvalue weighted by molar-refractivity contribution is 0.0993. The van der Waals surface area contributed by atoms with Crippen LogP contribution in [0.15, 0.2) is 12.2 Å². The van der Waals surface area contributed by atoms with Crippen molar-refractivity contribution in [1.82, 2.24) is 0 Å². The number of hydrogen-bond acceptors (Lipinski definition) is 2. The summed E-state index contributed by atoms with van der Waals surface area (Å²) in [4.78, 5) is 23.7. The fraction of sp³-hybridized carbons (Fsp3) is 0.286. The van der Waals surface area contributed by atoms with Crippen molar-refractivity contribution >= 4 is 11.6 Å². The van der Waals surface area contributed by atoms with Crippen LogP contribution in [0.25, 0.3) is 0 Å². The minimum Gasteiger partial charge on any atom is -0.289 e. The van der Waals surface area contributed by atoms with Crippen molar-refractivity contribution in [2.24, 2.45) is 0 Å². The molecule has 0 heterocycles. The van der Waals surface area contributed by atoms with Crippen LogP contribution in [0.5, 0.6) is 0 Å². The third-order valence-corrected chi connectivity index (χ3v) is 3.57. The van der Waals surface area contributed by atoms with Crippen LogP contribution in [0, 0.1) is 27.7 Å². The molecule has 2 nitrogen and oxygen atoms in total. The molecule has 0 aromatic heterocycles. The molecule has 0 bridgehead atoms. The zero-order chi connectivity index (χ0) is 12.0. The molecular formula is C14H14O2. The van der Waals surface area contributed by atoms with Gasteiger partial charge in [-0.1, -0.05) is 0 Å². The van der Waals surface area contributed by atoms with Crippen molar-refractivity contribution in [3.8, 4) is 0 Å². The number of ketones is 2. The minimum atomic E-state index is -0.0571. The van der Waals surface area contributed by atoms with Crippen molar-refractivity contribution in [2.75, 3.05) is 0 Å². The van der Waals surface area contributed by atoms with Gasteiger partial charge in [0, 0.05) is 11.1 Å². The minimum absolute atomic E-state index is 0.0571. The summed E-state index contributed by atoms with van der Waals surface area (Å²) in [7, 11) is 0. The molecule has 1 aromatic rings. The highest BCUT2D eigenvalue weighted by Gasteiger charge is 2.25. The lowest BCUT2D eigenvalue weighted by Crippen LogP contribution is -2.17. The maximum atomic E-state index is 11.8. The van der Waals surface area contributed by atoms with Crippen LogP contribution in [0.3, 0.4) is 0 Å². The van der Waals surface area contributed by atoms with Gasteiger partial charge in [0.1, 0.15) is 0 Å². The first-order chi connectivity index (χ1) is 7.45. The van der Waals surface area contributed by atoms with Gasteiger partial charge in [0.15, 0.2) is 11.6 Å². The van der Waals surface area contributed by atoms with E-state index in [9.17, 15) is 9.59 Å². The molecule has 1 aromatic carbocycles. The quantitative estimate of drug-likeness (QED) is 0.665. The zero-order valence-electron chi connectivity index (χ0n) is 9.97.